The lowest BCUT2D eigenvalue weighted by molar-refractivity contribution is -0.144. The molecule has 9 heteroatoms. The number of benzene rings is 2. The van der Waals surface area contributed by atoms with E-state index in [1.807, 2.05) is 36.5 Å². The van der Waals surface area contributed by atoms with Gasteiger partial charge in [-0.05, 0) is 142 Å². The van der Waals surface area contributed by atoms with Crippen molar-refractivity contribution < 1.29 is 24.1 Å². The summed E-state index contributed by atoms with van der Waals surface area (Å²) in [4.78, 5) is 19.9. The van der Waals surface area contributed by atoms with Crippen LogP contribution in [-0.4, -0.2) is 66.0 Å². The van der Waals surface area contributed by atoms with Crippen molar-refractivity contribution in [2.24, 2.45) is 11.8 Å². The monoisotopic (exact) mass is 701 g/mol. The lowest BCUT2D eigenvalue weighted by Gasteiger charge is -2.47. The molecule has 3 aliphatic carbocycles. The van der Waals surface area contributed by atoms with E-state index in [1.54, 1.807) is 0 Å². The Morgan fingerprint density at radius 1 is 1.18 bits per heavy atom. The second-order valence-electron chi connectivity index (χ2n) is 15.6. The Balaban J connectivity index is 1.15. The van der Waals surface area contributed by atoms with Gasteiger partial charge in [-0.3, -0.25) is 4.98 Å². The lowest BCUT2D eigenvalue weighted by atomic mass is 9.59. The van der Waals surface area contributed by atoms with E-state index in [1.165, 1.54) is 35.2 Å². The zero-order valence-corrected chi connectivity index (χ0v) is 30.7. The maximum atomic E-state index is 13.0. The predicted octanol–water partition coefficient (Wildman–Crippen LogP) is 8.29. The molecule has 8 nitrogen and oxygen atoms in total. The molecular weight excluding hydrogens is 650 g/mol. The molecule has 0 bridgehead atoms. The number of pyridine rings is 1. The zero-order valence-electron chi connectivity index (χ0n) is 30.0. The number of ether oxygens (including phenoxy) is 3. The van der Waals surface area contributed by atoms with Crippen LogP contribution in [-0.2, 0) is 23.1 Å². The third kappa shape index (κ3) is 6.78. The van der Waals surface area contributed by atoms with E-state index in [0.717, 1.165) is 68.1 Å². The molecule has 1 aromatic heterocycles. The zero-order chi connectivity index (χ0) is 35.0. The molecule has 1 spiro atoms. The second kappa shape index (κ2) is 14.3. The van der Waals surface area contributed by atoms with Gasteiger partial charge in [0.2, 0.25) is 0 Å². The van der Waals surface area contributed by atoms with Gasteiger partial charge >= 0.3 is 5.97 Å². The largest absolute Gasteiger partial charge is 0.493 e. The number of aliphatic carboxylic acids is 1. The summed E-state index contributed by atoms with van der Waals surface area (Å²) in [5, 5.41) is 14.7. The number of halogens is 1. The summed E-state index contributed by atoms with van der Waals surface area (Å²) in [6, 6.07) is 13.9. The normalized spacial score (nSPS) is 27.4. The van der Waals surface area contributed by atoms with Crippen LogP contribution in [0.2, 0.25) is 5.02 Å². The molecule has 2 aromatic carbocycles. The highest BCUT2D eigenvalue weighted by Gasteiger charge is 2.54. The molecule has 7 rings (SSSR count). The van der Waals surface area contributed by atoms with Gasteiger partial charge in [0.05, 0.1) is 6.61 Å². The van der Waals surface area contributed by atoms with Crippen LogP contribution in [0.25, 0.3) is 0 Å². The van der Waals surface area contributed by atoms with E-state index in [0.29, 0.717) is 48.8 Å². The average molecular weight is 702 g/mol. The third-order valence-corrected chi connectivity index (χ3v) is 12.4. The van der Waals surface area contributed by atoms with Gasteiger partial charge in [-0.25, -0.2) is 4.79 Å². The van der Waals surface area contributed by atoms with Crippen molar-refractivity contribution in [3.05, 3.63) is 76.1 Å². The number of aromatic nitrogens is 1. The molecule has 4 atom stereocenters. The summed E-state index contributed by atoms with van der Waals surface area (Å²) in [5.41, 5.74) is 4.58. The molecule has 0 radical (unpaired) electrons. The van der Waals surface area contributed by atoms with E-state index >= 15 is 0 Å². The molecule has 4 aliphatic rings. The van der Waals surface area contributed by atoms with Gasteiger partial charge in [0.25, 0.3) is 0 Å². The molecule has 50 heavy (non-hydrogen) atoms. The quantitative estimate of drug-likeness (QED) is 0.206. The standard InChI is InChI=1S/C41H52ClN3O5/c1-5-45(4)23-32-25-49-36-20-28-19-29(18-26(2)24-48-35-12-17-43-34-11-6-8-27(3)38(34)35)40(33(28)22-37(36)50-32)13-15-41(16-14-40,39(46)47)44-31-10-7-9-30(42)21-31/h7,9-10,12,17,20-22,26-27,29,32,44H,5-6,8,11,13-16,18-19,23-25H2,1-4H3,(H,46,47)/t26-,27-,29+,32+,40?,41?/m1/s1. The fourth-order valence-corrected chi connectivity index (χ4v) is 9.47. The first kappa shape index (κ1) is 34.9. The maximum absolute atomic E-state index is 13.0. The van der Waals surface area contributed by atoms with Crippen LogP contribution in [0, 0.1) is 11.8 Å². The highest BCUT2D eigenvalue weighted by molar-refractivity contribution is 6.30. The number of hydrogen-bond acceptors (Lipinski definition) is 7. The maximum Gasteiger partial charge on any atom is 0.329 e. The molecule has 1 saturated carbocycles. The van der Waals surface area contributed by atoms with Crippen molar-refractivity contribution in [1.82, 2.24) is 9.88 Å². The number of carboxylic acids is 1. The number of carboxylic acid groups (broad SMARTS) is 1. The fraction of sp³-hybridized carbons (Fsp3) is 0.561. The summed E-state index contributed by atoms with van der Waals surface area (Å²) >= 11 is 6.30. The number of hydrogen-bond donors (Lipinski definition) is 2. The lowest BCUT2D eigenvalue weighted by Crippen LogP contribution is -2.53. The smallest absolute Gasteiger partial charge is 0.329 e. The molecule has 268 valence electrons. The van der Waals surface area contributed by atoms with Gasteiger partial charge < -0.3 is 29.5 Å². The van der Waals surface area contributed by atoms with E-state index in [-0.39, 0.29) is 11.5 Å². The van der Waals surface area contributed by atoms with Gasteiger partial charge in [0, 0.05) is 34.7 Å². The predicted molar refractivity (Wildman–Crippen MR) is 197 cm³/mol. The Hall–Kier alpha value is -3.49. The molecule has 2 N–H and O–H groups in total. The van der Waals surface area contributed by atoms with Crippen molar-refractivity contribution in [2.75, 3.05) is 38.7 Å². The first-order valence-electron chi connectivity index (χ1n) is 18.6. The van der Waals surface area contributed by atoms with E-state index in [4.69, 9.17) is 25.8 Å². The molecule has 3 aromatic rings. The number of rotatable bonds is 11. The minimum atomic E-state index is -1.07. The van der Waals surface area contributed by atoms with Crippen LogP contribution in [0.4, 0.5) is 5.69 Å². The van der Waals surface area contributed by atoms with Gasteiger partial charge in [0.15, 0.2) is 11.5 Å². The number of likely N-dealkylation sites (N-methyl/N-ethyl adjacent to an activating group) is 1. The van der Waals surface area contributed by atoms with Gasteiger partial charge in [0.1, 0.15) is 24.0 Å². The van der Waals surface area contributed by atoms with Crippen LogP contribution in [0.1, 0.15) is 94.0 Å². The summed E-state index contributed by atoms with van der Waals surface area (Å²) in [5.74, 6) is 2.90. The van der Waals surface area contributed by atoms with E-state index in [9.17, 15) is 9.90 Å². The molecule has 1 fully saturated rings. The van der Waals surface area contributed by atoms with Crippen LogP contribution in [0.3, 0.4) is 0 Å². The fourth-order valence-electron chi connectivity index (χ4n) is 9.28. The van der Waals surface area contributed by atoms with Crippen LogP contribution in [0.5, 0.6) is 17.2 Å². The first-order valence-corrected chi connectivity index (χ1v) is 19.0. The average Bonchev–Trinajstić information content (AvgIpc) is 3.38. The third-order valence-electron chi connectivity index (χ3n) is 12.1. The summed E-state index contributed by atoms with van der Waals surface area (Å²) < 4.78 is 19.5. The highest BCUT2D eigenvalue weighted by Crippen LogP contribution is 2.58. The number of aryl methyl sites for hydroxylation is 1. The van der Waals surface area contributed by atoms with Crippen molar-refractivity contribution >= 4 is 23.3 Å². The molecule has 2 heterocycles. The molecule has 0 saturated heterocycles. The second-order valence-corrected chi connectivity index (χ2v) is 16.0. The SMILES string of the molecule is CCN(C)C[C@H]1COc2cc3c(cc2O1)C1(CCC(Nc2cccc(Cl)c2)(C(=O)O)CC1)[C@@H](C[C@@H](C)COc1ccnc2c1[C@H](C)CCC2)C3. The first-order chi connectivity index (χ1) is 24.1. The molecule has 0 amide bonds. The number of carbonyl (C=O) groups is 1. The van der Waals surface area contributed by atoms with Gasteiger partial charge in [-0.15, -0.1) is 0 Å². The minimum absolute atomic E-state index is 0.0367. The summed E-state index contributed by atoms with van der Waals surface area (Å²) in [7, 11) is 2.10. The van der Waals surface area contributed by atoms with Gasteiger partial charge in [-0.2, -0.15) is 0 Å². The number of anilines is 1. The Kier molecular flexibility index (Phi) is 9.97. The number of fused-ring (bicyclic) bond motifs is 4. The van der Waals surface area contributed by atoms with Crippen LogP contribution >= 0.6 is 11.6 Å². The summed E-state index contributed by atoms with van der Waals surface area (Å²) in [6.45, 7) is 9.64. The summed E-state index contributed by atoms with van der Waals surface area (Å²) in [6.07, 6.45) is 9.68. The van der Waals surface area contributed by atoms with Crippen LogP contribution < -0.4 is 19.5 Å². The van der Waals surface area contributed by atoms with Crippen LogP contribution in [0.15, 0.2) is 48.7 Å². The molecular formula is C41H52ClN3O5. The molecule has 0 unspecified atom stereocenters. The molecule has 1 aliphatic heterocycles. The van der Waals surface area contributed by atoms with Crippen molar-refractivity contribution in [3.8, 4) is 17.2 Å². The highest BCUT2D eigenvalue weighted by atomic mass is 35.5. The van der Waals surface area contributed by atoms with Crippen molar-refractivity contribution in [3.63, 3.8) is 0 Å². The minimum Gasteiger partial charge on any atom is -0.493 e. The Labute approximate surface area is 301 Å². The van der Waals surface area contributed by atoms with Crippen molar-refractivity contribution in [1.29, 1.82) is 0 Å². The van der Waals surface area contributed by atoms with Crippen molar-refractivity contribution in [2.45, 2.75) is 102 Å². The topological polar surface area (TPSA) is 93.2 Å². The Morgan fingerprint density at radius 2 is 2.00 bits per heavy atom. The Morgan fingerprint density at radius 3 is 2.76 bits per heavy atom. The van der Waals surface area contributed by atoms with E-state index < -0.39 is 11.5 Å². The van der Waals surface area contributed by atoms with E-state index in [2.05, 4.69) is 55.2 Å². The number of nitrogens with one attached hydrogen (secondary N) is 1. The number of nitrogens with zero attached hydrogens (tertiary/aromatic N) is 2. The van der Waals surface area contributed by atoms with Gasteiger partial charge in [-0.1, -0.05) is 38.4 Å². The Bertz CT molecular complexity index is 1710.